The normalized spacial score (nSPS) is 10.1. The van der Waals surface area contributed by atoms with Crippen molar-refractivity contribution in [2.45, 2.75) is 13.1 Å². The predicted molar refractivity (Wildman–Crippen MR) is 73.7 cm³/mol. The number of hydrogen-bond acceptors (Lipinski definition) is 4. The molecule has 0 aliphatic rings. The Kier molecular flexibility index (Phi) is 5.28. The maximum Gasteiger partial charge on any atom is 0.416 e. The van der Waals surface area contributed by atoms with Gasteiger partial charge in [-0.05, 0) is 18.6 Å². The Bertz CT molecular complexity index is 761. The zero-order chi connectivity index (χ0) is 17.1. The van der Waals surface area contributed by atoms with Crippen LogP contribution in [-0.2, 0) is 6.18 Å². The van der Waals surface area contributed by atoms with Crippen LogP contribution in [-0.4, -0.2) is 0 Å². The number of nitriles is 3. The van der Waals surface area contributed by atoms with Gasteiger partial charge in [0.2, 0.25) is 0 Å². The summed E-state index contributed by atoms with van der Waals surface area (Å²) in [5.41, 5.74) is -2.76. The van der Waals surface area contributed by atoms with Gasteiger partial charge in [0, 0.05) is 0 Å². The second-order valence-electron chi connectivity index (χ2n) is 3.93. The molecule has 0 radical (unpaired) electrons. The van der Waals surface area contributed by atoms with Gasteiger partial charge in [-0.25, -0.2) is 0 Å². The smallest absolute Gasteiger partial charge is 0.344 e. The minimum atomic E-state index is -4.68. The van der Waals surface area contributed by atoms with Crippen LogP contribution in [0.2, 0.25) is 10.0 Å². The Morgan fingerprint density at radius 2 is 1.68 bits per heavy atom. The number of nitrogens with one attached hydrogen (secondary N) is 1. The fourth-order valence-electron chi connectivity index (χ4n) is 1.57. The monoisotopic (exact) mass is 344 g/mol. The highest BCUT2D eigenvalue weighted by atomic mass is 35.5. The molecule has 0 heterocycles. The van der Waals surface area contributed by atoms with E-state index in [2.05, 4.69) is 5.32 Å². The average molecular weight is 345 g/mol. The molecular formula is C13H5Cl2F3N4. The zero-order valence-corrected chi connectivity index (χ0v) is 12.3. The fraction of sp³-hybridized carbons (Fsp3) is 0.154. The van der Waals surface area contributed by atoms with Crippen molar-refractivity contribution in [3.8, 4) is 18.2 Å². The largest absolute Gasteiger partial charge is 0.416 e. The fourth-order valence-corrected chi connectivity index (χ4v) is 2.02. The summed E-state index contributed by atoms with van der Waals surface area (Å²) in [6.07, 6.45) is -4.68. The molecule has 22 heavy (non-hydrogen) atoms. The summed E-state index contributed by atoms with van der Waals surface area (Å²) in [5, 5.41) is 28.0. The van der Waals surface area contributed by atoms with Gasteiger partial charge in [0.05, 0.1) is 21.3 Å². The number of hydrogen-bond donors (Lipinski definition) is 1. The number of benzene rings is 1. The van der Waals surface area contributed by atoms with Gasteiger partial charge >= 0.3 is 6.18 Å². The van der Waals surface area contributed by atoms with Crippen LogP contribution in [0.1, 0.15) is 11.1 Å². The van der Waals surface area contributed by atoms with Crippen molar-refractivity contribution < 1.29 is 13.2 Å². The highest BCUT2D eigenvalue weighted by Gasteiger charge is 2.35. The third kappa shape index (κ3) is 3.43. The topological polar surface area (TPSA) is 83.4 Å². The maximum absolute atomic E-state index is 12.9. The molecule has 1 rings (SSSR count). The molecule has 0 atom stereocenters. The molecule has 0 bridgehead atoms. The van der Waals surface area contributed by atoms with E-state index in [1.165, 1.54) is 18.2 Å². The number of rotatable bonds is 2. The molecule has 0 amide bonds. The van der Waals surface area contributed by atoms with Crippen molar-refractivity contribution in [3.63, 3.8) is 0 Å². The first kappa shape index (κ1) is 17.7. The summed E-state index contributed by atoms with van der Waals surface area (Å²) in [7, 11) is 0. The van der Waals surface area contributed by atoms with Crippen molar-refractivity contribution in [2.75, 3.05) is 5.32 Å². The summed E-state index contributed by atoms with van der Waals surface area (Å²) in [6.45, 7) is 1.13. The van der Waals surface area contributed by atoms with Gasteiger partial charge in [0.25, 0.3) is 0 Å². The van der Waals surface area contributed by atoms with Crippen molar-refractivity contribution in [1.82, 2.24) is 0 Å². The summed E-state index contributed by atoms with van der Waals surface area (Å²) < 4.78 is 38.8. The predicted octanol–water partition coefficient (Wildman–Crippen LogP) is 4.56. The van der Waals surface area contributed by atoms with Crippen LogP contribution < -0.4 is 5.32 Å². The Balaban J connectivity index is 3.61. The third-order valence-electron chi connectivity index (χ3n) is 2.62. The van der Waals surface area contributed by atoms with E-state index in [9.17, 15) is 13.2 Å². The maximum atomic E-state index is 12.9. The SMILES string of the molecule is Cc1c(C(F)(F)F)cc(Cl)c(Cl)c1NC(C#N)=C(C#N)C#N. The number of halogens is 5. The lowest BCUT2D eigenvalue weighted by molar-refractivity contribution is -0.138. The number of alkyl halides is 3. The number of anilines is 1. The van der Waals surface area contributed by atoms with Gasteiger partial charge in [-0.1, -0.05) is 23.2 Å². The van der Waals surface area contributed by atoms with E-state index in [0.29, 0.717) is 6.07 Å². The quantitative estimate of drug-likeness (QED) is 0.797. The number of nitrogens with zero attached hydrogens (tertiary/aromatic N) is 3. The van der Waals surface area contributed by atoms with Gasteiger partial charge in [-0.15, -0.1) is 0 Å². The van der Waals surface area contributed by atoms with Crippen LogP contribution >= 0.6 is 23.2 Å². The summed E-state index contributed by atoms with van der Waals surface area (Å²) in [5.74, 6) is 0. The third-order valence-corrected chi connectivity index (χ3v) is 3.41. The van der Waals surface area contributed by atoms with Crippen LogP contribution in [0.15, 0.2) is 17.3 Å². The van der Waals surface area contributed by atoms with Crippen LogP contribution in [0.3, 0.4) is 0 Å². The molecule has 0 fully saturated rings. The second-order valence-corrected chi connectivity index (χ2v) is 4.71. The molecule has 112 valence electrons. The lowest BCUT2D eigenvalue weighted by atomic mass is 10.1. The second kappa shape index (κ2) is 6.58. The molecule has 0 aliphatic heterocycles. The van der Waals surface area contributed by atoms with E-state index in [1.807, 2.05) is 0 Å². The van der Waals surface area contributed by atoms with E-state index in [4.69, 9.17) is 39.0 Å². The minimum absolute atomic E-state index is 0.254. The molecule has 0 aliphatic carbocycles. The first-order chi connectivity index (χ1) is 10.2. The van der Waals surface area contributed by atoms with Gasteiger partial charge in [0.1, 0.15) is 23.9 Å². The van der Waals surface area contributed by atoms with E-state index in [1.54, 1.807) is 0 Å². The van der Waals surface area contributed by atoms with Crippen molar-refractivity contribution in [2.24, 2.45) is 0 Å². The van der Waals surface area contributed by atoms with Crippen molar-refractivity contribution in [1.29, 1.82) is 15.8 Å². The molecule has 1 aromatic rings. The molecule has 1 N–H and O–H groups in total. The Labute approximate surface area is 133 Å². The van der Waals surface area contributed by atoms with Gasteiger partial charge in [-0.3, -0.25) is 0 Å². The van der Waals surface area contributed by atoms with Crippen molar-refractivity contribution >= 4 is 28.9 Å². The Hall–Kier alpha value is -2.40. The summed E-state index contributed by atoms with van der Waals surface area (Å²) >= 11 is 11.5. The van der Waals surface area contributed by atoms with E-state index >= 15 is 0 Å². The van der Waals surface area contributed by atoms with Crippen LogP contribution in [0.25, 0.3) is 0 Å². The molecule has 9 heteroatoms. The average Bonchev–Trinajstić information content (AvgIpc) is 2.45. The van der Waals surface area contributed by atoms with Crippen LogP contribution in [0, 0.1) is 40.9 Å². The molecule has 0 unspecified atom stereocenters. The molecule has 0 aromatic heterocycles. The van der Waals surface area contributed by atoms with Gasteiger partial charge < -0.3 is 5.32 Å². The minimum Gasteiger partial charge on any atom is -0.344 e. The van der Waals surface area contributed by atoms with E-state index in [-0.39, 0.29) is 21.3 Å². The first-order valence-corrected chi connectivity index (χ1v) is 6.20. The highest BCUT2D eigenvalue weighted by Crippen LogP contribution is 2.42. The highest BCUT2D eigenvalue weighted by molar-refractivity contribution is 6.44. The van der Waals surface area contributed by atoms with E-state index in [0.717, 1.165) is 6.92 Å². The summed E-state index contributed by atoms with van der Waals surface area (Å²) in [6, 6.07) is 5.10. The molecule has 1 aromatic carbocycles. The Morgan fingerprint density at radius 3 is 2.09 bits per heavy atom. The lowest BCUT2D eigenvalue weighted by Gasteiger charge is -2.17. The molecule has 0 spiro atoms. The molecule has 4 nitrogen and oxygen atoms in total. The molecular weight excluding hydrogens is 340 g/mol. The molecule has 0 saturated heterocycles. The first-order valence-electron chi connectivity index (χ1n) is 5.44. The van der Waals surface area contributed by atoms with Gasteiger partial charge in [0.15, 0.2) is 5.57 Å². The van der Waals surface area contributed by atoms with E-state index < -0.39 is 23.0 Å². The summed E-state index contributed by atoms with van der Waals surface area (Å²) in [4.78, 5) is 0. The van der Waals surface area contributed by atoms with Crippen molar-refractivity contribution in [3.05, 3.63) is 38.5 Å². The standard InChI is InChI=1S/C13H5Cl2F3N4/c1-6-8(13(16,17)18)2-9(14)11(15)12(6)22-10(5-21)7(3-19)4-20/h2,22H,1H3. The van der Waals surface area contributed by atoms with Crippen LogP contribution in [0.4, 0.5) is 18.9 Å². The van der Waals surface area contributed by atoms with Crippen LogP contribution in [0.5, 0.6) is 0 Å². The molecule has 0 saturated carbocycles. The lowest BCUT2D eigenvalue weighted by Crippen LogP contribution is -2.11. The van der Waals surface area contributed by atoms with Gasteiger partial charge in [-0.2, -0.15) is 29.0 Å². The zero-order valence-electron chi connectivity index (χ0n) is 10.8. The number of allylic oxidation sites excluding steroid dienone is 2. The Morgan fingerprint density at radius 1 is 1.14 bits per heavy atom.